The lowest BCUT2D eigenvalue weighted by Crippen LogP contribution is -2.34. The lowest BCUT2D eigenvalue weighted by molar-refractivity contribution is -0.139. The minimum atomic E-state index is -1.02. The van der Waals surface area contributed by atoms with Crippen molar-refractivity contribution in [2.24, 2.45) is 5.73 Å². The highest BCUT2D eigenvalue weighted by Gasteiger charge is 2.15. The molecule has 0 aliphatic heterocycles. The summed E-state index contributed by atoms with van der Waals surface area (Å²) in [4.78, 5) is 15.0. The van der Waals surface area contributed by atoms with Gasteiger partial charge in [-0.25, -0.2) is 9.78 Å². The Morgan fingerprint density at radius 3 is 2.95 bits per heavy atom. The van der Waals surface area contributed by atoms with Gasteiger partial charge in [0.05, 0.1) is 5.69 Å². The summed E-state index contributed by atoms with van der Waals surface area (Å²) in [6.07, 6.45) is 4.34. The molecule has 0 amide bonds. The molecule has 2 aromatic heterocycles. The number of hydrogen-bond donors (Lipinski definition) is 2. The Bertz CT molecular complexity index is 599. The summed E-state index contributed by atoms with van der Waals surface area (Å²) in [5.41, 5.74) is 7.07. The van der Waals surface area contributed by atoms with Gasteiger partial charge in [-0.1, -0.05) is 0 Å². The van der Waals surface area contributed by atoms with E-state index < -0.39 is 5.97 Å². The second kappa shape index (κ2) is 4.89. The van der Waals surface area contributed by atoms with Crippen LogP contribution in [-0.2, 0) is 11.2 Å². The van der Waals surface area contributed by atoms with Gasteiger partial charge in [0, 0.05) is 24.4 Å². The van der Waals surface area contributed by atoms with Crippen molar-refractivity contribution in [1.82, 2.24) is 9.38 Å². The molecule has 0 saturated carbocycles. The fourth-order valence-corrected chi connectivity index (χ4v) is 1.84. The van der Waals surface area contributed by atoms with Crippen LogP contribution < -0.4 is 10.5 Å². The van der Waals surface area contributed by atoms with E-state index in [4.69, 9.17) is 15.6 Å². The summed E-state index contributed by atoms with van der Waals surface area (Å²) in [7, 11) is 0. The minimum Gasteiger partial charge on any atom is -0.479 e. The number of nitrogens with two attached hydrogens (primary N) is 1. The molecular weight excluding hydrogens is 246 g/mol. The molecule has 0 radical (unpaired) electrons. The van der Waals surface area contributed by atoms with Crippen LogP contribution >= 0.6 is 0 Å². The van der Waals surface area contributed by atoms with Crippen LogP contribution in [0.25, 0.3) is 5.65 Å². The highest BCUT2D eigenvalue weighted by Crippen LogP contribution is 2.20. The van der Waals surface area contributed by atoms with E-state index in [9.17, 15) is 4.79 Å². The van der Waals surface area contributed by atoms with Gasteiger partial charge in [0.2, 0.25) is 0 Å². The van der Waals surface area contributed by atoms with Crippen molar-refractivity contribution in [3.8, 4) is 5.75 Å². The monoisotopic (exact) mass is 263 g/mol. The standard InChI is InChI=1S/C13H17N3O3/c1-13(2,14)6-9-7-16-5-3-4-10(12(16)15-9)19-8-11(17)18/h3-5,7H,6,8,14H2,1-2H3,(H,17,18). The highest BCUT2D eigenvalue weighted by molar-refractivity contribution is 5.69. The summed E-state index contributed by atoms with van der Waals surface area (Å²) in [6, 6.07) is 3.48. The number of rotatable bonds is 5. The number of imidazole rings is 1. The molecule has 0 spiro atoms. The van der Waals surface area contributed by atoms with Crippen LogP contribution in [0.5, 0.6) is 5.75 Å². The molecule has 2 heterocycles. The number of aliphatic carboxylic acids is 1. The summed E-state index contributed by atoms with van der Waals surface area (Å²) in [6.45, 7) is 3.47. The van der Waals surface area contributed by atoms with Gasteiger partial charge in [0.25, 0.3) is 0 Å². The maximum Gasteiger partial charge on any atom is 0.341 e. The third-order valence-corrected chi connectivity index (χ3v) is 2.48. The Balaban J connectivity index is 2.31. The third kappa shape index (κ3) is 3.45. The van der Waals surface area contributed by atoms with Crippen LogP contribution in [0.1, 0.15) is 19.5 Å². The number of carbonyl (C=O) groups is 1. The Hall–Kier alpha value is -2.08. The van der Waals surface area contributed by atoms with Gasteiger partial charge < -0.3 is 20.0 Å². The van der Waals surface area contributed by atoms with E-state index in [1.54, 1.807) is 16.5 Å². The van der Waals surface area contributed by atoms with E-state index in [2.05, 4.69) is 4.98 Å². The number of pyridine rings is 1. The van der Waals surface area contributed by atoms with Crippen LogP contribution in [0, 0.1) is 0 Å². The van der Waals surface area contributed by atoms with Crippen molar-refractivity contribution in [1.29, 1.82) is 0 Å². The number of hydrogen-bond acceptors (Lipinski definition) is 4. The third-order valence-electron chi connectivity index (χ3n) is 2.48. The predicted molar refractivity (Wildman–Crippen MR) is 70.3 cm³/mol. The fraction of sp³-hybridized carbons (Fsp3) is 0.385. The minimum absolute atomic E-state index is 0.347. The maximum absolute atomic E-state index is 10.5. The van der Waals surface area contributed by atoms with E-state index in [0.717, 1.165) is 5.69 Å². The average molecular weight is 263 g/mol. The molecule has 19 heavy (non-hydrogen) atoms. The molecule has 102 valence electrons. The lowest BCUT2D eigenvalue weighted by atomic mass is 10.0. The number of carboxylic acid groups (broad SMARTS) is 1. The maximum atomic E-state index is 10.5. The fourth-order valence-electron chi connectivity index (χ4n) is 1.84. The molecule has 2 rings (SSSR count). The first kappa shape index (κ1) is 13.4. The predicted octanol–water partition coefficient (Wildman–Crippen LogP) is 1.08. The zero-order valence-electron chi connectivity index (χ0n) is 11.0. The molecule has 0 unspecified atom stereocenters. The summed E-state index contributed by atoms with van der Waals surface area (Å²) >= 11 is 0. The highest BCUT2D eigenvalue weighted by atomic mass is 16.5. The molecule has 6 nitrogen and oxygen atoms in total. The number of carboxylic acids is 1. The summed E-state index contributed by atoms with van der Waals surface area (Å²) in [5, 5.41) is 8.64. The van der Waals surface area contributed by atoms with Crippen LogP contribution in [0.3, 0.4) is 0 Å². The average Bonchev–Trinajstić information content (AvgIpc) is 2.65. The molecule has 0 saturated heterocycles. The smallest absolute Gasteiger partial charge is 0.341 e. The Morgan fingerprint density at radius 2 is 2.32 bits per heavy atom. The van der Waals surface area contributed by atoms with Crippen LogP contribution in [0.4, 0.5) is 0 Å². The van der Waals surface area contributed by atoms with E-state index >= 15 is 0 Å². The Kier molecular flexibility index (Phi) is 3.44. The van der Waals surface area contributed by atoms with E-state index in [0.29, 0.717) is 17.8 Å². The van der Waals surface area contributed by atoms with E-state index in [1.807, 2.05) is 26.2 Å². The molecule has 0 aliphatic rings. The molecule has 6 heteroatoms. The van der Waals surface area contributed by atoms with Crippen molar-refractivity contribution in [2.75, 3.05) is 6.61 Å². The Morgan fingerprint density at radius 1 is 1.58 bits per heavy atom. The zero-order valence-corrected chi connectivity index (χ0v) is 11.0. The molecule has 0 fully saturated rings. The molecular formula is C13H17N3O3. The topological polar surface area (TPSA) is 89.8 Å². The first-order valence-electron chi connectivity index (χ1n) is 5.95. The number of fused-ring (bicyclic) bond motifs is 1. The number of nitrogens with zero attached hydrogens (tertiary/aromatic N) is 2. The largest absolute Gasteiger partial charge is 0.479 e. The van der Waals surface area contributed by atoms with Crippen LogP contribution in [-0.4, -0.2) is 32.6 Å². The van der Waals surface area contributed by atoms with Crippen molar-refractivity contribution in [3.05, 3.63) is 30.2 Å². The van der Waals surface area contributed by atoms with Crippen molar-refractivity contribution in [2.45, 2.75) is 25.8 Å². The molecule has 2 aromatic rings. The first-order chi connectivity index (χ1) is 8.85. The van der Waals surface area contributed by atoms with Gasteiger partial charge in [0.1, 0.15) is 0 Å². The molecule has 0 atom stereocenters. The lowest BCUT2D eigenvalue weighted by Gasteiger charge is -2.15. The van der Waals surface area contributed by atoms with Crippen LogP contribution in [0.15, 0.2) is 24.5 Å². The molecule has 0 bridgehead atoms. The quantitative estimate of drug-likeness (QED) is 0.842. The van der Waals surface area contributed by atoms with Crippen LogP contribution in [0.2, 0.25) is 0 Å². The van der Waals surface area contributed by atoms with E-state index in [1.165, 1.54) is 0 Å². The molecule has 0 aliphatic carbocycles. The summed E-state index contributed by atoms with van der Waals surface area (Å²) in [5.74, 6) is -0.567. The summed E-state index contributed by atoms with van der Waals surface area (Å²) < 4.78 is 7.01. The Labute approximate surface area is 110 Å². The normalized spacial score (nSPS) is 11.7. The SMILES string of the molecule is CC(C)(N)Cc1cn2cccc(OCC(=O)O)c2n1. The number of aromatic nitrogens is 2. The van der Waals surface area contributed by atoms with Gasteiger partial charge in [0.15, 0.2) is 18.0 Å². The molecule has 3 N–H and O–H groups in total. The van der Waals surface area contributed by atoms with Gasteiger partial charge in [-0.15, -0.1) is 0 Å². The van der Waals surface area contributed by atoms with Gasteiger partial charge >= 0.3 is 5.97 Å². The zero-order chi connectivity index (χ0) is 14.0. The second-order valence-electron chi connectivity index (χ2n) is 5.18. The second-order valence-corrected chi connectivity index (χ2v) is 5.18. The number of ether oxygens (including phenoxy) is 1. The first-order valence-corrected chi connectivity index (χ1v) is 5.95. The van der Waals surface area contributed by atoms with Gasteiger partial charge in [-0.2, -0.15) is 0 Å². The van der Waals surface area contributed by atoms with Crippen molar-refractivity contribution in [3.63, 3.8) is 0 Å². The van der Waals surface area contributed by atoms with Gasteiger partial charge in [-0.05, 0) is 26.0 Å². The van der Waals surface area contributed by atoms with E-state index in [-0.39, 0.29) is 12.1 Å². The van der Waals surface area contributed by atoms with Crippen molar-refractivity contribution >= 4 is 11.6 Å². The van der Waals surface area contributed by atoms with Gasteiger partial charge in [-0.3, -0.25) is 0 Å². The van der Waals surface area contributed by atoms with Crippen molar-refractivity contribution < 1.29 is 14.6 Å². The molecule has 0 aromatic carbocycles.